The molecule has 0 aliphatic carbocycles. The summed E-state index contributed by atoms with van der Waals surface area (Å²) in [6.45, 7) is -0.206. The van der Waals surface area contributed by atoms with Gasteiger partial charge in [-0.2, -0.15) is 0 Å². The van der Waals surface area contributed by atoms with Crippen molar-refractivity contribution >= 4 is 92.4 Å². The highest BCUT2D eigenvalue weighted by Gasteiger charge is 2.33. The number of rotatable bonds is 6. The molecule has 0 saturated carbocycles. The number of anilines is 2. The lowest BCUT2D eigenvalue weighted by Crippen LogP contribution is -2.27. The number of nitrogens with zero attached hydrogens (tertiary/aromatic N) is 1. The van der Waals surface area contributed by atoms with Gasteiger partial charge in [-0.1, -0.05) is 77.0 Å². The molecular formula is C24H15Cl3N2O3S2. The van der Waals surface area contributed by atoms with Crippen LogP contribution in [0.1, 0.15) is 5.56 Å². The molecule has 1 aliphatic rings. The van der Waals surface area contributed by atoms with Gasteiger partial charge in [0.15, 0.2) is 10.9 Å². The molecule has 0 unspecified atom stereocenters. The molecule has 2 amide bonds. The molecular weight excluding hydrogens is 535 g/mol. The van der Waals surface area contributed by atoms with Crippen molar-refractivity contribution < 1.29 is 14.3 Å². The van der Waals surface area contributed by atoms with Gasteiger partial charge in [0.05, 0.1) is 26.3 Å². The molecule has 4 rings (SSSR count). The van der Waals surface area contributed by atoms with Crippen LogP contribution in [-0.4, -0.2) is 22.7 Å². The molecule has 3 aromatic rings. The van der Waals surface area contributed by atoms with Gasteiger partial charge in [-0.05, 0) is 60.2 Å². The number of ether oxygens (including phenoxy) is 1. The van der Waals surface area contributed by atoms with E-state index in [9.17, 15) is 9.59 Å². The molecule has 10 heteroatoms. The summed E-state index contributed by atoms with van der Waals surface area (Å²) in [4.78, 5) is 27.0. The third-order valence-corrected chi connectivity index (χ3v) is 7.03. The minimum absolute atomic E-state index is 0.200. The number of amides is 2. The smallest absolute Gasteiger partial charge is 0.270 e. The average Bonchev–Trinajstić information content (AvgIpc) is 3.10. The van der Waals surface area contributed by atoms with Crippen molar-refractivity contribution in [2.45, 2.75) is 0 Å². The molecule has 0 atom stereocenters. The van der Waals surface area contributed by atoms with Crippen molar-refractivity contribution in [3.63, 3.8) is 0 Å². The van der Waals surface area contributed by atoms with Crippen LogP contribution in [0.5, 0.6) is 5.75 Å². The van der Waals surface area contributed by atoms with Crippen molar-refractivity contribution in [1.29, 1.82) is 0 Å². The van der Waals surface area contributed by atoms with Crippen LogP contribution in [-0.2, 0) is 9.59 Å². The number of hydrogen-bond donors (Lipinski definition) is 1. The van der Waals surface area contributed by atoms with Crippen molar-refractivity contribution in [2.75, 3.05) is 16.8 Å². The van der Waals surface area contributed by atoms with Gasteiger partial charge in [-0.25, -0.2) is 0 Å². The largest absolute Gasteiger partial charge is 0.484 e. The van der Waals surface area contributed by atoms with Crippen LogP contribution in [0.4, 0.5) is 11.4 Å². The Morgan fingerprint density at radius 3 is 2.44 bits per heavy atom. The molecule has 0 spiro atoms. The maximum atomic E-state index is 12.9. The fraction of sp³-hybridized carbons (Fsp3) is 0.0417. The third kappa shape index (κ3) is 5.74. The van der Waals surface area contributed by atoms with E-state index in [1.807, 2.05) is 0 Å². The second-order valence-corrected chi connectivity index (χ2v) is 9.90. The van der Waals surface area contributed by atoms with Crippen molar-refractivity contribution in [3.05, 3.63) is 92.3 Å². The van der Waals surface area contributed by atoms with E-state index < -0.39 is 0 Å². The predicted octanol–water partition coefficient (Wildman–Crippen LogP) is 7.07. The van der Waals surface area contributed by atoms with Crippen LogP contribution < -0.4 is 15.0 Å². The summed E-state index contributed by atoms with van der Waals surface area (Å²) >= 11 is 24.6. The number of thiocarbonyl (C=S) groups is 1. The first-order chi connectivity index (χ1) is 16.3. The first-order valence-electron chi connectivity index (χ1n) is 9.82. The number of benzene rings is 3. The minimum atomic E-state index is -0.376. The molecule has 5 nitrogen and oxygen atoms in total. The Balaban J connectivity index is 1.37. The standard InChI is InChI=1S/C24H15Cl3N2O3S2/c25-15-6-8-16(9-7-15)29-23(31)20(34-24(29)33)12-14-4-10-17(11-5-14)32-13-21(30)28-19-3-1-2-18(26)22(19)27/h1-12H,13H2,(H,28,30)/b20-12-. The summed E-state index contributed by atoms with van der Waals surface area (Å²) in [5.41, 5.74) is 1.87. The van der Waals surface area contributed by atoms with Gasteiger partial charge in [-0.15, -0.1) is 0 Å². The zero-order valence-corrected chi connectivity index (χ0v) is 21.2. The molecule has 0 bridgehead atoms. The van der Waals surface area contributed by atoms with E-state index in [1.165, 1.54) is 16.7 Å². The summed E-state index contributed by atoms with van der Waals surface area (Å²) in [5, 5.41) is 3.85. The zero-order valence-electron chi connectivity index (χ0n) is 17.3. The highest BCUT2D eigenvalue weighted by Crippen LogP contribution is 2.36. The quantitative estimate of drug-likeness (QED) is 0.263. The lowest BCUT2D eigenvalue weighted by atomic mass is 10.2. The molecule has 3 aromatic carbocycles. The van der Waals surface area contributed by atoms with E-state index >= 15 is 0 Å². The summed E-state index contributed by atoms with van der Waals surface area (Å²) in [6, 6.07) is 18.9. The topological polar surface area (TPSA) is 58.6 Å². The molecule has 172 valence electrons. The number of carbonyl (C=O) groups excluding carboxylic acids is 2. The number of carbonyl (C=O) groups is 2. The van der Waals surface area contributed by atoms with Crippen molar-refractivity contribution in [1.82, 2.24) is 0 Å². The van der Waals surface area contributed by atoms with E-state index in [0.717, 1.165) is 5.56 Å². The molecule has 1 aliphatic heterocycles. The number of thioether (sulfide) groups is 1. The van der Waals surface area contributed by atoms with Gasteiger partial charge in [-0.3, -0.25) is 14.5 Å². The predicted molar refractivity (Wildman–Crippen MR) is 144 cm³/mol. The first kappa shape index (κ1) is 24.6. The fourth-order valence-corrected chi connectivity index (χ4v) is 4.80. The Bertz CT molecular complexity index is 1300. The first-order valence-corrected chi connectivity index (χ1v) is 12.2. The number of hydrogen-bond acceptors (Lipinski definition) is 5. The summed E-state index contributed by atoms with van der Waals surface area (Å²) < 4.78 is 5.99. The van der Waals surface area contributed by atoms with Gasteiger partial charge in [0, 0.05) is 5.02 Å². The SMILES string of the molecule is O=C(COc1ccc(/C=C2\SC(=S)N(c3ccc(Cl)cc3)C2=O)cc1)Nc1cccc(Cl)c1Cl. The second kappa shape index (κ2) is 10.8. The molecule has 0 aromatic heterocycles. The van der Waals surface area contributed by atoms with Crippen LogP contribution in [0.2, 0.25) is 15.1 Å². The fourth-order valence-electron chi connectivity index (χ4n) is 3.03. The van der Waals surface area contributed by atoms with E-state index in [-0.39, 0.29) is 23.4 Å². The van der Waals surface area contributed by atoms with Crippen LogP contribution in [0, 0.1) is 0 Å². The van der Waals surface area contributed by atoms with Crippen LogP contribution in [0.15, 0.2) is 71.6 Å². The van der Waals surface area contributed by atoms with E-state index in [2.05, 4.69) is 5.32 Å². The van der Waals surface area contributed by atoms with E-state index in [0.29, 0.717) is 36.4 Å². The maximum Gasteiger partial charge on any atom is 0.270 e. The molecule has 1 heterocycles. The normalized spacial score (nSPS) is 14.6. The Kier molecular flexibility index (Phi) is 7.80. The van der Waals surface area contributed by atoms with E-state index in [4.69, 9.17) is 51.8 Å². The van der Waals surface area contributed by atoms with Crippen LogP contribution in [0.25, 0.3) is 6.08 Å². The Labute approximate surface area is 220 Å². The molecule has 0 radical (unpaired) electrons. The number of nitrogens with one attached hydrogen (secondary N) is 1. The lowest BCUT2D eigenvalue weighted by Gasteiger charge is -2.14. The van der Waals surface area contributed by atoms with Gasteiger partial charge in [0.1, 0.15) is 5.75 Å². The monoisotopic (exact) mass is 548 g/mol. The summed E-state index contributed by atoms with van der Waals surface area (Å²) in [6.07, 6.45) is 1.76. The second-order valence-electron chi connectivity index (χ2n) is 7.00. The molecule has 34 heavy (non-hydrogen) atoms. The van der Waals surface area contributed by atoms with Crippen molar-refractivity contribution in [2.24, 2.45) is 0 Å². The van der Waals surface area contributed by atoms with Gasteiger partial charge >= 0.3 is 0 Å². The van der Waals surface area contributed by atoms with E-state index in [1.54, 1.807) is 72.8 Å². The van der Waals surface area contributed by atoms with Crippen LogP contribution >= 0.6 is 58.8 Å². The average molecular weight is 550 g/mol. The van der Waals surface area contributed by atoms with Gasteiger partial charge < -0.3 is 10.1 Å². The molecule has 1 N–H and O–H groups in total. The highest BCUT2D eigenvalue weighted by atomic mass is 35.5. The summed E-state index contributed by atoms with van der Waals surface area (Å²) in [5.74, 6) is -0.0775. The van der Waals surface area contributed by atoms with Crippen molar-refractivity contribution in [3.8, 4) is 5.75 Å². The minimum Gasteiger partial charge on any atom is -0.484 e. The zero-order chi connectivity index (χ0) is 24.2. The third-order valence-electron chi connectivity index (χ3n) is 4.65. The highest BCUT2D eigenvalue weighted by molar-refractivity contribution is 8.27. The number of halogens is 3. The summed E-state index contributed by atoms with van der Waals surface area (Å²) in [7, 11) is 0. The Morgan fingerprint density at radius 1 is 1.03 bits per heavy atom. The van der Waals surface area contributed by atoms with Crippen LogP contribution in [0.3, 0.4) is 0 Å². The Morgan fingerprint density at radius 2 is 1.74 bits per heavy atom. The Hall–Kier alpha value is -2.55. The lowest BCUT2D eigenvalue weighted by molar-refractivity contribution is -0.118. The maximum absolute atomic E-state index is 12.9. The molecule has 1 saturated heterocycles. The van der Waals surface area contributed by atoms with Gasteiger partial charge in [0.2, 0.25) is 0 Å². The van der Waals surface area contributed by atoms with Gasteiger partial charge in [0.25, 0.3) is 11.8 Å². The molecule has 1 fully saturated rings.